The number of anilines is 1. The SMILES string of the molecule is C=CCn1c(COc2ccccc2F)nnc1SCC(=O)Nc1sc2c(c1C#N)CCC(C)C2. The smallest absolute Gasteiger partial charge is 0.235 e. The van der Waals surface area contributed by atoms with Crippen molar-refractivity contribution in [1.82, 2.24) is 14.8 Å². The average molecular weight is 498 g/mol. The van der Waals surface area contributed by atoms with E-state index in [4.69, 9.17) is 4.74 Å². The molecule has 1 N–H and O–H groups in total. The fourth-order valence-electron chi connectivity index (χ4n) is 3.80. The molecule has 1 unspecified atom stereocenters. The lowest BCUT2D eigenvalue weighted by atomic mass is 9.89. The summed E-state index contributed by atoms with van der Waals surface area (Å²) >= 11 is 2.73. The standard InChI is InChI=1S/C24H24FN5O2S2/c1-3-10-30-21(13-32-19-7-5-4-6-18(19)25)28-29-24(30)33-14-22(31)27-23-17(12-26)16-9-8-15(2)11-20(16)34-23/h3-7,15H,1,8-11,13-14H2,2H3,(H,27,31). The van der Waals surface area contributed by atoms with Crippen LogP contribution < -0.4 is 10.1 Å². The number of hydrogen-bond donors (Lipinski definition) is 1. The molecule has 0 saturated heterocycles. The van der Waals surface area contributed by atoms with Gasteiger partial charge in [0.05, 0.1) is 11.3 Å². The molecule has 1 amide bonds. The number of carbonyl (C=O) groups is 1. The Morgan fingerprint density at radius 1 is 1.47 bits per heavy atom. The highest BCUT2D eigenvalue weighted by Gasteiger charge is 2.25. The number of para-hydroxylation sites is 1. The van der Waals surface area contributed by atoms with Crippen LogP contribution in [0.4, 0.5) is 9.39 Å². The first-order valence-electron chi connectivity index (χ1n) is 10.9. The van der Waals surface area contributed by atoms with Crippen LogP contribution in [0.3, 0.4) is 0 Å². The number of benzene rings is 1. The van der Waals surface area contributed by atoms with Gasteiger partial charge in [0.15, 0.2) is 22.5 Å². The molecule has 0 aliphatic heterocycles. The molecular weight excluding hydrogens is 473 g/mol. The third-order valence-electron chi connectivity index (χ3n) is 5.51. The first-order valence-corrected chi connectivity index (χ1v) is 12.7. The lowest BCUT2D eigenvalue weighted by molar-refractivity contribution is -0.113. The van der Waals surface area contributed by atoms with E-state index in [0.717, 1.165) is 24.8 Å². The molecule has 0 bridgehead atoms. The highest BCUT2D eigenvalue weighted by Crippen LogP contribution is 2.39. The highest BCUT2D eigenvalue weighted by atomic mass is 32.2. The molecule has 2 aromatic heterocycles. The molecule has 10 heteroatoms. The predicted octanol–water partition coefficient (Wildman–Crippen LogP) is 4.97. The molecule has 0 fully saturated rings. The Hall–Kier alpha value is -3.16. The van der Waals surface area contributed by atoms with Crippen molar-refractivity contribution in [1.29, 1.82) is 5.26 Å². The molecule has 2 heterocycles. The van der Waals surface area contributed by atoms with Crippen molar-refractivity contribution < 1.29 is 13.9 Å². The van der Waals surface area contributed by atoms with E-state index >= 15 is 0 Å². The van der Waals surface area contributed by atoms with E-state index in [9.17, 15) is 14.4 Å². The number of thioether (sulfide) groups is 1. The first-order chi connectivity index (χ1) is 16.5. The number of ether oxygens (including phenoxy) is 1. The Labute approximate surface area is 205 Å². The maximum absolute atomic E-state index is 13.8. The lowest BCUT2D eigenvalue weighted by Crippen LogP contribution is -2.15. The fraction of sp³-hybridized carbons (Fsp3) is 0.333. The molecular formula is C24H24FN5O2S2. The minimum atomic E-state index is -0.454. The van der Waals surface area contributed by atoms with E-state index in [1.807, 2.05) is 0 Å². The Bertz CT molecular complexity index is 1250. The number of nitrogens with zero attached hydrogens (tertiary/aromatic N) is 4. The van der Waals surface area contributed by atoms with Gasteiger partial charge in [-0.2, -0.15) is 5.26 Å². The monoisotopic (exact) mass is 497 g/mol. The predicted molar refractivity (Wildman–Crippen MR) is 131 cm³/mol. The van der Waals surface area contributed by atoms with Gasteiger partial charge in [-0.3, -0.25) is 9.36 Å². The summed E-state index contributed by atoms with van der Waals surface area (Å²) in [6.45, 7) is 6.41. The second kappa shape index (κ2) is 10.8. The minimum Gasteiger partial charge on any atom is -0.483 e. The highest BCUT2D eigenvalue weighted by molar-refractivity contribution is 7.99. The number of fused-ring (bicyclic) bond motifs is 1. The van der Waals surface area contributed by atoms with E-state index in [0.29, 0.717) is 34.0 Å². The molecule has 1 aliphatic carbocycles. The number of amides is 1. The van der Waals surface area contributed by atoms with Crippen LogP contribution in [0.5, 0.6) is 5.75 Å². The number of aromatic nitrogens is 3. The number of thiophene rings is 1. The quantitative estimate of drug-likeness (QED) is 0.331. The van der Waals surface area contributed by atoms with Crippen LogP contribution in [0, 0.1) is 23.1 Å². The number of nitriles is 1. The summed E-state index contributed by atoms with van der Waals surface area (Å²) in [5, 5.41) is 22.0. The average Bonchev–Trinajstić information content (AvgIpc) is 3.36. The zero-order chi connectivity index (χ0) is 24.1. The number of allylic oxidation sites excluding steroid dienone is 1. The summed E-state index contributed by atoms with van der Waals surface area (Å²) in [6.07, 6.45) is 4.57. The van der Waals surface area contributed by atoms with Crippen molar-refractivity contribution in [2.24, 2.45) is 5.92 Å². The van der Waals surface area contributed by atoms with Crippen LogP contribution in [0.15, 0.2) is 42.1 Å². The minimum absolute atomic E-state index is 0.0270. The summed E-state index contributed by atoms with van der Waals surface area (Å²) in [7, 11) is 0. The van der Waals surface area contributed by atoms with Crippen LogP contribution in [0.2, 0.25) is 0 Å². The maximum Gasteiger partial charge on any atom is 0.235 e. The van der Waals surface area contributed by atoms with Crippen molar-refractivity contribution in [3.8, 4) is 11.8 Å². The molecule has 34 heavy (non-hydrogen) atoms. The summed E-state index contributed by atoms with van der Waals surface area (Å²) in [6, 6.07) is 8.42. The van der Waals surface area contributed by atoms with Gasteiger partial charge in [0.2, 0.25) is 5.91 Å². The van der Waals surface area contributed by atoms with Crippen LogP contribution in [-0.2, 0) is 30.8 Å². The molecule has 0 radical (unpaired) electrons. The molecule has 4 rings (SSSR count). The second-order valence-electron chi connectivity index (χ2n) is 8.02. The third kappa shape index (κ3) is 5.32. The van der Waals surface area contributed by atoms with E-state index in [-0.39, 0.29) is 24.0 Å². The summed E-state index contributed by atoms with van der Waals surface area (Å²) < 4.78 is 21.2. The molecule has 1 aromatic carbocycles. The molecule has 0 saturated carbocycles. The zero-order valence-corrected chi connectivity index (χ0v) is 20.3. The van der Waals surface area contributed by atoms with Crippen molar-refractivity contribution in [3.63, 3.8) is 0 Å². The molecule has 1 aliphatic rings. The second-order valence-corrected chi connectivity index (χ2v) is 10.1. The van der Waals surface area contributed by atoms with Crippen LogP contribution >= 0.6 is 23.1 Å². The summed E-state index contributed by atoms with van der Waals surface area (Å²) in [5.41, 5.74) is 1.67. The van der Waals surface area contributed by atoms with Crippen molar-refractivity contribution >= 4 is 34.0 Å². The van der Waals surface area contributed by atoms with Gasteiger partial charge in [-0.25, -0.2) is 4.39 Å². The van der Waals surface area contributed by atoms with Gasteiger partial charge in [-0.15, -0.1) is 28.1 Å². The summed E-state index contributed by atoms with van der Waals surface area (Å²) in [4.78, 5) is 13.9. The number of halogens is 1. The Kier molecular flexibility index (Phi) is 7.65. The first kappa shape index (κ1) is 24.0. The maximum atomic E-state index is 13.8. The van der Waals surface area contributed by atoms with Gasteiger partial charge in [0.25, 0.3) is 0 Å². The summed E-state index contributed by atoms with van der Waals surface area (Å²) in [5.74, 6) is 0.649. The largest absolute Gasteiger partial charge is 0.483 e. The molecule has 176 valence electrons. The normalized spacial score (nSPS) is 14.8. The Morgan fingerprint density at radius 3 is 3.06 bits per heavy atom. The number of nitrogens with one attached hydrogen (secondary N) is 1. The topological polar surface area (TPSA) is 92.8 Å². The number of carbonyl (C=O) groups excluding carboxylic acids is 1. The van der Waals surface area contributed by atoms with Crippen molar-refractivity contribution in [3.05, 3.63) is 64.6 Å². The lowest BCUT2D eigenvalue weighted by Gasteiger charge is -2.17. The van der Waals surface area contributed by atoms with Crippen LogP contribution in [0.25, 0.3) is 0 Å². The van der Waals surface area contributed by atoms with Gasteiger partial charge in [0, 0.05) is 11.4 Å². The molecule has 1 atom stereocenters. The zero-order valence-electron chi connectivity index (χ0n) is 18.7. The van der Waals surface area contributed by atoms with Crippen molar-refractivity contribution in [2.45, 2.75) is 44.5 Å². The van der Waals surface area contributed by atoms with Gasteiger partial charge >= 0.3 is 0 Å². The van der Waals surface area contributed by atoms with E-state index in [1.54, 1.807) is 28.8 Å². The van der Waals surface area contributed by atoms with Crippen molar-refractivity contribution in [2.75, 3.05) is 11.1 Å². The fourth-order valence-corrected chi connectivity index (χ4v) is 5.94. The van der Waals surface area contributed by atoms with E-state index < -0.39 is 5.82 Å². The van der Waals surface area contributed by atoms with Crippen LogP contribution in [-0.4, -0.2) is 26.4 Å². The number of rotatable bonds is 9. The van der Waals surface area contributed by atoms with E-state index in [2.05, 4.69) is 35.1 Å². The van der Waals surface area contributed by atoms with E-state index in [1.165, 1.54) is 34.0 Å². The Balaban J connectivity index is 1.40. The van der Waals surface area contributed by atoms with Gasteiger partial charge < -0.3 is 10.1 Å². The van der Waals surface area contributed by atoms with Gasteiger partial charge in [-0.1, -0.05) is 36.9 Å². The molecule has 7 nitrogen and oxygen atoms in total. The van der Waals surface area contributed by atoms with Crippen LogP contribution in [0.1, 0.15) is 35.2 Å². The molecule has 3 aromatic rings. The molecule has 0 spiro atoms. The third-order valence-corrected chi connectivity index (χ3v) is 7.64. The van der Waals surface area contributed by atoms with Gasteiger partial charge in [0.1, 0.15) is 17.7 Å². The van der Waals surface area contributed by atoms with Gasteiger partial charge in [-0.05, 0) is 42.9 Å². The Morgan fingerprint density at radius 2 is 2.29 bits per heavy atom. The number of hydrogen-bond acceptors (Lipinski definition) is 7.